The van der Waals surface area contributed by atoms with E-state index in [-0.39, 0.29) is 6.04 Å². The summed E-state index contributed by atoms with van der Waals surface area (Å²) in [5.41, 5.74) is 1.15. The predicted octanol–water partition coefficient (Wildman–Crippen LogP) is 2.90. The van der Waals surface area contributed by atoms with Crippen LogP contribution in [0.4, 0.5) is 0 Å². The van der Waals surface area contributed by atoms with Gasteiger partial charge in [0.05, 0.1) is 6.07 Å². The van der Waals surface area contributed by atoms with Crippen molar-refractivity contribution in [2.45, 2.75) is 19.4 Å². The van der Waals surface area contributed by atoms with Crippen molar-refractivity contribution >= 4 is 11.6 Å². The highest BCUT2D eigenvalue weighted by molar-refractivity contribution is 6.30. The first-order valence-corrected chi connectivity index (χ1v) is 4.97. The van der Waals surface area contributed by atoms with E-state index in [0.29, 0.717) is 13.0 Å². The Hall–Kier alpha value is -1.04. The van der Waals surface area contributed by atoms with Gasteiger partial charge in [0.25, 0.3) is 0 Å². The van der Waals surface area contributed by atoms with Crippen molar-refractivity contribution in [3.8, 4) is 6.07 Å². The molecule has 3 heteroatoms. The Kier molecular flexibility index (Phi) is 4.45. The van der Waals surface area contributed by atoms with Crippen molar-refractivity contribution in [3.05, 3.63) is 34.9 Å². The third kappa shape index (κ3) is 3.37. The molecule has 0 aromatic heterocycles. The lowest BCUT2D eigenvalue weighted by Gasteiger charge is -2.12. The van der Waals surface area contributed by atoms with Crippen molar-refractivity contribution < 1.29 is 0 Å². The van der Waals surface area contributed by atoms with Gasteiger partial charge in [-0.1, -0.05) is 23.7 Å². The summed E-state index contributed by atoms with van der Waals surface area (Å²) in [6, 6.07) is 10.1. The van der Waals surface area contributed by atoms with Crippen molar-refractivity contribution in [1.29, 1.82) is 5.26 Å². The molecule has 0 saturated heterocycles. The molecule has 0 aliphatic carbocycles. The zero-order valence-electron chi connectivity index (χ0n) is 8.13. The summed E-state index contributed by atoms with van der Waals surface area (Å²) >= 11 is 5.87. The van der Waals surface area contributed by atoms with Gasteiger partial charge in [-0.25, -0.2) is 0 Å². The van der Waals surface area contributed by atoms with Crippen LogP contribution >= 0.6 is 11.6 Å². The Bertz CT molecular complexity index is 330. The Labute approximate surface area is 89.5 Å². The molecule has 1 rings (SSSR count). The van der Waals surface area contributed by atoms with E-state index in [1.165, 1.54) is 0 Å². The van der Waals surface area contributed by atoms with Crippen LogP contribution in [0.5, 0.6) is 0 Å². The number of halogens is 1. The third-order valence-electron chi connectivity index (χ3n) is 2.04. The molecule has 0 heterocycles. The van der Waals surface area contributed by atoms with Gasteiger partial charge in [0.2, 0.25) is 0 Å². The van der Waals surface area contributed by atoms with Crippen LogP contribution in [0.3, 0.4) is 0 Å². The van der Waals surface area contributed by atoms with Gasteiger partial charge in [-0.2, -0.15) is 5.26 Å². The van der Waals surface area contributed by atoms with E-state index in [1.807, 2.05) is 24.3 Å². The maximum Gasteiger partial charge on any atom is 0.0635 e. The average Bonchev–Trinajstić information content (AvgIpc) is 2.18. The largest absolute Gasteiger partial charge is 0.309 e. The molecular weight excluding hydrogens is 196 g/mol. The highest BCUT2D eigenvalue weighted by atomic mass is 35.5. The summed E-state index contributed by atoms with van der Waals surface area (Å²) in [6.07, 6.45) is 0.533. The molecule has 0 fully saturated rings. The van der Waals surface area contributed by atoms with E-state index in [4.69, 9.17) is 16.9 Å². The lowest BCUT2D eigenvalue weighted by molar-refractivity contribution is 0.583. The van der Waals surface area contributed by atoms with E-state index in [2.05, 4.69) is 18.3 Å². The average molecular weight is 209 g/mol. The van der Waals surface area contributed by atoms with Crippen LogP contribution in [0.15, 0.2) is 24.3 Å². The lowest BCUT2D eigenvalue weighted by Crippen LogP contribution is -2.19. The summed E-state index contributed by atoms with van der Waals surface area (Å²) in [5.74, 6) is 0. The van der Waals surface area contributed by atoms with Gasteiger partial charge in [-0.05, 0) is 24.6 Å². The molecule has 1 unspecified atom stereocenters. The predicted molar refractivity (Wildman–Crippen MR) is 58.1 cm³/mol. The van der Waals surface area contributed by atoms with Crippen LogP contribution in [0.1, 0.15) is 24.9 Å². The number of nitrogens with zero attached hydrogens (tertiary/aromatic N) is 1. The van der Waals surface area contributed by atoms with Gasteiger partial charge in [-0.3, -0.25) is 0 Å². The van der Waals surface area contributed by atoms with E-state index in [0.717, 1.165) is 10.6 Å². The minimum absolute atomic E-state index is 0.238. The Morgan fingerprint density at radius 2 is 2.36 bits per heavy atom. The zero-order chi connectivity index (χ0) is 10.4. The number of hydrogen-bond acceptors (Lipinski definition) is 2. The molecule has 0 bridgehead atoms. The van der Waals surface area contributed by atoms with Gasteiger partial charge < -0.3 is 5.32 Å². The number of hydrogen-bond donors (Lipinski definition) is 1. The molecule has 0 amide bonds. The van der Waals surface area contributed by atoms with Gasteiger partial charge in [0.1, 0.15) is 0 Å². The first-order chi connectivity index (χ1) is 6.74. The maximum absolute atomic E-state index is 8.38. The number of nitrogens with one attached hydrogen (secondary N) is 1. The molecule has 14 heavy (non-hydrogen) atoms. The maximum atomic E-state index is 8.38. The monoisotopic (exact) mass is 208 g/mol. The van der Waals surface area contributed by atoms with E-state index in [9.17, 15) is 0 Å². The highest BCUT2D eigenvalue weighted by Crippen LogP contribution is 2.16. The van der Waals surface area contributed by atoms with Crippen LogP contribution in [0.2, 0.25) is 5.02 Å². The SMILES string of the molecule is CC(NCCC#N)c1cccc(Cl)c1. The summed E-state index contributed by atoms with van der Waals surface area (Å²) in [7, 11) is 0. The number of benzene rings is 1. The minimum Gasteiger partial charge on any atom is -0.309 e. The molecular formula is C11H13ClN2. The third-order valence-corrected chi connectivity index (χ3v) is 2.27. The fraction of sp³-hybridized carbons (Fsp3) is 0.364. The first-order valence-electron chi connectivity index (χ1n) is 4.60. The van der Waals surface area contributed by atoms with Gasteiger partial charge in [-0.15, -0.1) is 0 Å². The molecule has 74 valence electrons. The first kappa shape index (κ1) is 11.0. The Morgan fingerprint density at radius 3 is 3.00 bits per heavy atom. The molecule has 2 nitrogen and oxygen atoms in total. The van der Waals surface area contributed by atoms with Crippen LogP contribution < -0.4 is 5.32 Å². The topological polar surface area (TPSA) is 35.8 Å². The summed E-state index contributed by atoms with van der Waals surface area (Å²) in [4.78, 5) is 0. The van der Waals surface area contributed by atoms with Crippen LogP contribution in [-0.4, -0.2) is 6.54 Å². The minimum atomic E-state index is 0.238. The molecule has 0 spiro atoms. The molecule has 0 saturated carbocycles. The summed E-state index contributed by atoms with van der Waals surface area (Å²) in [6.45, 7) is 2.77. The fourth-order valence-electron chi connectivity index (χ4n) is 1.24. The number of rotatable bonds is 4. The number of nitriles is 1. The second-order valence-corrected chi connectivity index (χ2v) is 3.58. The van der Waals surface area contributed by atoms with Crippen LogP contribution in [0.25, 0.3) is 0 Å². The highest BCUT2D eigenvalue weighted by Gasteiger charge is 2.03. The molecule has 1 aromatic rings. The van der Waals surface area contributed by atoms with Gasteiger partial charge in [0.15, 0.2) is 0 Å². The van der Waals surface area contributed by atoms with Crippen molar-refractivity contribution in [3.63, 3.8) is 0 Å². The van der Waals surface area contributed by atoms with Gasteiger partial charge >= 0.3 is 0 Å². The van der Waals surface area contributed by atoms with E-state index in [1.54, 1.807) is 0 Å². The molecule has 0 aliphatic heterocycles. The quantitative estimate of drug-likeness (QED) is 0.773. The molecule has 1 atom stereocenters. The second-order valence-electron chi connectivity index (χ2n) is 3.14. The summed E-state index contributed by atoms with van der Waals surface area (Å²) < 4.78 is 0. The Balaban J connectivity index is 2.52. The molecule has 0 aliphatic rings. The molecule has 0 radical (unpaired) electrons. The van der Waals surface area contributed by atoms with Crippen molar-refractivity contribution in [2.75, 3.05) is 6.54 Å². The molecule has 1 aromatic carbocycles. The van der Waals surface area contributed by atoms with Crippen molar-refractivity contribution in [2.24, 2.45) is 0 Å². The lowest BCUT2D eigenvalue weighted by atomic mass is 10.1. The smallest absolute Gasteiger partial charge is 0.0635 e. The van der Waals surface area contributed by atoms with E-state index < -0.39 is 0 Å². The second kappa shape index (κ2) is 5.64. The Morgan fingerprint density at radius 1 is 1.57 bits per heavy atom. The van der Waals surface area contributed by atoms with E-state index >= 15 is 0 Å². The van der Waals surface area contributed by atoms with Crippen LogP contribution in [0, 0.1) is 11.3 Å². The summed E-state index contributed by atoms with van der Waals surface area (Å²) in [5, 5.41) is 12.4. The van der Waals surface area contributed by atoms with Crippen molar-refractivity contribution in [1.82, 2.24) is 5.32 Å². The molecule has 1 N–H and O–H groups in total. The zero-order valence-corrected chi connectivity index (χ0v) is 8.88. The normalized spacial score (nSPS) is 12.1. The van der Waals surface area contributed by atoms with Crippen LogP contribution in [-0.2, 0) is 0 Å². The standard InChI is InChI=1S/C11H13ClN2/c1-9(14-7-3-6-13)10-4-2-5-11(12)8-10/h2,4-5,8-9,14H,3,7H2,1H3. The van der Waals surface area contributed by atoms with Gasteiger partial charge in [0, 0.05) is 24.0 Å². The fourth-order valence-corrected chi connectivity index (χ4v) is 1.44.